The number of pyridine rings is 2. The monoisotopic (exact) mass is 742 g/mol. The first-order valence-corrected chi connectivity index (χ1v) is 18.8. The summed E-state index contributed by atoms with van der Waals surface area (Å²) in [4.78, 5) is 11.2. The predicted molar refractivity (Wildman–Crippen MR) is 217 cm³/mol. The highest BCUT2D eigenvalue weighted by molar-refractivity contribution is 6.32. The second-order valence-corrected chi connectivity index (χ2v) is 13.9. The molecule has 0 unspecified atom stereocenters. The van der Waals surface area contributed by atoms with Crippen LogP contribution in [0, 0.1) is 0 Å². The van der Waals surface area contributed by atoms with E-state index in [2.05, 4.69) is 73.7 Å². The summed E-state index contributed by atoms with van der Waals surface area (Å²) in [6.45, 7) is 6.27. The molecule has 0 fully saturated rings. The standard InChI is InChI=1S/C46H39ClN6O2/c1-4-37-28-42(43-41(48-37)29-40(47)45(49-43)55-31(2)3)54-30-32-24-26-33(27-25-32)38-22-14-15-23-39(38)44-50-52-53(51-44)46(34-16-8-5-9-17-34,35-18-10-6-11-19-35)36-20-12-7-13-21-36/h5-29,31H,4,30H2,1-3H3. The maximum absolute atomic E-state index is 6.50. The molecular formula is C46H39ClN6O2. The van der Waals surface area contributed by atoms with Gasteiger partial charge < -0.3 is 9.47 Å². The van der Waals surface area contributed by atoms with Crippen LogP contribution in [0.1, 0.15) is 48.7 Å². The van der Waals surface area contributed by atoms with Crippen LogP contribution in [0.15, 0.2) is 152 Å². The zero-order valence-electron chi connectivity index (χ0n) is 30.8. The van der Waals surface area contributed by atoms with Gasteiger partial charge in [-0.15, -0.1) is 15.0 Å². The van der Waals surface area contributed by atoms with E-state index >= 15 is 0 Å². The minimum Gasteiger partial charge on any atom is -0.486 e. The fourth-order valence-electron chi connectivity index (χ4n) is 6.95. The van der Waals surface area contributed by atoms with E-state index < -0.39 is 5.54 Å². The average molecular weight is 743 g/mol. The molecule has 0 spiro atoms. The van der Waals surface area contributed by atoms with Gasteiger partial charge in [-0.05, 0) is 64.9 Å². The van der Waals surface area contributed by atoms with Gasteiger partial charge in [0.05, 0.1) is 11.6 Å². The first kappa shape index (κ1) is 35.6. The molecule has 8 rings (SSSR count). The Hall–Kier alpha value is -6.38. The molecule has 0 saturated carbocycles. The number of aryl methyl sites for hydroxylation is 1. The molecule has 0 aliphatic rings. The van der Waals surface area contributed by atoms with Gasteiger partial charge in [0.1, 0.15) is 22.9 Å². The van der Waals surface area contributed by atoms with E-state index in [1.807, 2.05) is 92.7 Å². The van der Waals surface area contributed by atoms with Gasteiger partial charge in [-0.25, -0.2) is 4.98 Å². The van der Waals surface area contributed by atoms with Crippen LogP contribution in [0.3, 0.4) is 0 Å². The summed E-state index contributed by atoms with van der Waals surface area (Å²) >= 11 is 6.50. The lowest BCUT2D eigenvalue weighted by Crippen LogP contribution is -2.39. The smallest absolute Gasteiger partial charge is 0.233 e. The Kier molecular flexibility index (Phi) is 10.1. The molecule has 55 heavy (non-hydrogen) atoms. The molecular weight excluding hydrogens is 704 g/mol. The fraction of sp³-hybridized carbons (Fsp3) is 0.152. The van der Waals surface area contributed by atoms with E-state index in [4.69, 9.17) is 46.5 Å². The van der Waals surface area contributed by atoms with Crippen molar-refractivity contribution in [2.75, 3.05) is 0 Å². The summed E-state index contributed by atoms with van der Waals surface area (Å²) in [6.07, 6.45) is 0.670. The molecule has 0 aliphatic heterocycles. The first-order chi connectivity index (χ1) is 26.9. The van der Waals surface area contributed by atoms with Gasteiger partial charge in [0, 0.05) is 17.3 Å². The van der Waals surface area contributed by atoms with Crippen LogP contribution in [0.4, 0.5) is 0 Å². The summed E-state index contributed by atoms with van der Waals surface area (Å²) in [7, 11) is 0. The van der Waals surface area contributed by atoms with Crippen LogP contribution in [-0.4, -0.2) is 36.3 Å². The van der Waals surface area contributed by atoms with Crippen molar-refractivity contribution in [1.82, 2.24) is 30.2 Å². The number of rotatable bonds is 12. The first-order valence-electron chi connectivity index (χ1n) is 18.4. The van der Waals surface area contributed by atoms with Crippen LogP contribution in [0.2, 0.25) is 5.02 Å². The highest BCUT2D eigenvalue weighted by Crippen LogP contribution is 2.40. The van der Waals surface area contributed by atoms with Crippen molar-refractivity contribution >= 4 is 22.6 Å². The molecule has 0 aliphatic carbocycles. The quantitative estimate of drug-likeness (QED) is 0.115. The number of ether oxygens (including phenoxy) is 2. The number of tetrazole rings is 1. The third kappa shape index (κ3) is 7.04. The Labute approximate surface area is 325 Å². The molecule has 0 saturated heterocycles. The fourth-order valence-corrected chi connectivity index (χ4v) is 7.14. The highest BCUT2D eigenvalue weighted by Gasteiger charge is 2.41. The lowest BCUT2D eigenvalue weighted by molar-refractivity contribution is 0.233. The topological polar surface area (TPSA) is 87.8 Å². The third-order valence-corrected chi connectivity index (χ3v) is 9.81. The van der Waals surface area contributed by atoms with Crippen LogP contribution >= 0.6 is 11.6 Å². The van der Waals surface area contributed by atoms with Crippen molar-refractivity contribution in [3.63, 3.8) is 0 Å². The van der Waals surface area contributed by atoms with Gasteiger partial charge in [0.15, 0.2) is 5.54 Å². The molecule has 3 aromatic heterocycles. The van der Waals surface area contributed by atoms with Crippen LogP contribution in [0.25, 0.3) is 33.5 Å². The second-order valence-electron chi connectivity index (χ2n) is 13.5. The predicted octanol–water partition coefficient (Wildman–Crippen LogP) is 10.4. The van der Waals surface area contributed by atoms with Crippen molar-refractivity contribution in [2.24, 2.45) is 0 Å². The van der Waals surface area contributed by atoms with Gasteiger partial charge in [0.25, 0.3) is 0 Å². The lowest BCUT2D eigenvalue weighted by Gasteiger charge is -2.34. The van der Waals surface area contributed by atoms with Crippen LogP contribution in [-0.2, 0) is 18.6 Å². The third-order valence-electron chi connectivity index (χ3n) is 9.54. The molecule has 0 radical (unpaired) electrons. The number of benzene rings is 5. The van der Waals surface area contributed by atoms with Gasteiger partial charge in [-0.2, -0.15) is 0 Å². The van der Waals surface area contributed by atoms with Crippen molar-refractivity contribution in [1.29, 1.82) is 0 Å². The van der Waals surface area contributed by atoms with Crippen molar-refractivity contribution in [3.05, 3.63) is 185 Å². The number of aromatic nitrogens is 6. The van der Waals surface area contributed by atoms with Gasteiger partial charge in [-0.1, -0.05) is 158 Å². The average Bonchev–Trinajstić information content (AvgIpc) is 3.72. The van der Waals surface area contributed by atoms with E-state index in [9.17, 15) is 0 Å². The molecule has 0 bridgehead atoms. The molecule has 9 heteroatoms. The molecule has 0 atom stereocenters. The summed E-state index contributed by atoms with van der Waals surface area (Å²) in [5.41, 5.74) is 8.26. The molecule has 5 aromatic carbocycles. The van der Waals surface area contributed by atoms with Gasteiger partial charge >= 0.3 is 0 Å². The summed E-state index contributed by atoms with van der Waals surface area (Å²) < 4.78 is 12.3. The molecule has 8 nitrogen and oxygen atoms in total. The van der Waals surface area contributed by atoms with Gasteiger partial charge in [0.2, 0.25) is 11.7 Å². The Morgan fingerprint density at radius 1 is 0.691 bits per heavy atom. The van der Waals surface area contributed by atoms with Crippen molar-refractivity contribution in [2.45, 2.75) is 45.4 Å². The highest BCUT2D eigenvalue weighted by atomic mass is 35.5. The maximum atomic E-state index is 6.50. The Balaban J connectivity index is 1.12. The van der Waals surface area contributed by atoms with Crippen LogP contribution in [0.5, 0.6) is 11.6 Å². The molecule has 8 aromatic rings. The van der Waals surface area contributed by atoms with E-state index in [1.54, 1.807) is 10.9 Å². The second kappa shape index (κ2) is 15.5. The maximum Gasteiger partial charge on any atom is 0.233 e. The number of fused-ring (bicyclic) bond motifs is 1. The summed E-state index contributed by atoms with van der Waals surface area (Å²) in [6, 6.07) is 51.3. The molecule has 272 valence electrons. The SMILES string of the molecule is CCc1cc(OCc2ccc(-c3ccccc3-c3nnn(C(c4ccccc4)(c4ccccc4)c4ccccc4)n3)cc2)c2nc(OC(C)C)c(Cl)cc2n1. The largest absolute Gasteiger partial charge is 0.486 e. The molecule has 3 heterocycles. The van der Waals surface area contributed by atoms with Crippen molar-refractivity contribution < 1.29 is 9.47 Å². The molecule has 0 N–H and O–H groups in total. The normalized spacial score (nSPS) is 11.6. The van der Waals surface area contributed by atoms with Crippen LogP contribution < -0.4 is 9.47 Å². The zero-order valence-corrected chi connectivity index (χ0v) is 31.6. The van der Waals surface area contributed by atoms with E-state index in [0.29, 0.717) is 40.1 Å². The minimum atomic E-state index is -0.867. The Morgan fingerprint density at radius 2 is 1.27 bits per heavy atom. The molecule has 0 amide bonds. The van der Waals surface area contributed by atoms with Crippen molar-refractivity contribution in [3.8, 4) is 34.1 Å². The number of hydrogen-bond donors (Lipinski definition) is 0. The number of halogens is 1. The van der Waals surface area contributed by atoms with Gasteiger partial charge in [-0.3, -0.25) is 4.98 Å². The number of hydrogen-bond acceptors (Lipinski definition) is 7. The lowest BCUT2D eigenvalue weighted by atomic mass is 9.77. The zero-order chi connectivity index (χ0) is 37.8. The summed E-state index contributed by atoms with van der Waals surface area (Å²) in [5, 5.41) is 15.1. The Morgan fingerprint density at radius 3 is 1.85 bits per heavy atom. The summed E-state index contributed by atoms with van der Waals surface area (Å²) in [5.74, 6) is 1.52. The minimum absolute atomic E-state index is 0.0764. The van der Waals surface area contributed by atoms with E-state index in [0.717, 1.165) is 51.1 Å². The van der Waals surface area contributed by atoms with E-state index in [-0.39, 0.29) is 6.10 Å². The number of nitrogens with zero attached hydrogens (tertiary/aromatic N) is 6. The Bertz CT molecular complexity index is 2450. The van der Waals surface area contributed by atoms with E-state index in [1.165, 1.54) is 0 Å².